The SMILES string of the molecule is CCOC(=O)c1ccc(Sc2ccc(N)cc2Br)cc1. The van der Waals surface area contributed by atoms with Crippen LogP contribution >= 0.6 is 27.7 Å². The minimum atomic E-state index is -0.294. The van der Waals surface area contributed by atoms with Crippen LogP contribution in [0, 0.1) is 0 Å². The van der Waals surface area contributed by atoms with Crippen LogP contribution in [0.25, 0.3) is 0 Å². The van der Waals surface area contributed by atoms with E-state index in [9.17, 15) is 4.79 Å². The Bertz CT molecular complexity index is 614. The molecule has 5 heteroatoms. The molecule has 0 aliphatic carbocycles. The number of hydrogen-bond acceptors (Lipinski definition) is 4. The molecule has 2 aromatic rings. The van der Waals surface area contributed by atoms with Gasteiger partial charge in [-0.25, -0.2) is 4.79 Å². The van der Waals surface area contributed by atoms with Gasteiger partial charge in [0.2, 0.25) is 0 Å². The normalized spacial score (nSPS) is 10.3. The molecule has 0 amide bonds. The zero-order valence-electron chi connectivity index (χ0n) is 10.9. The van der Waals surface area contributed by atoms with Crippen molar-refractivity contribution in [3.05, 3.63) is 52.5 Å². The first kappa shape index (κ1) is 14.9. The van der Waals surface area contributed by atoms with Gasteiger partial charge in [-0.3, -0.25) is 0 Å². The molecule has 2 N–H and O–H groups in total. The van der Waals surface area contributed by atoms with E-state index in [2.05, 4.69) is 15.9 Å². The first-order valence-electron chi connectivity index (χ1n) is 6.10. The molecule has 0 heterocycles. The Balaban J connectivity index is 2.12. The Hall–Kier alpha value is -1.46. The average molecular weight is 352 g/mol. The molecule has 0 saturated heterocycles. The third-order valence-electron chi connectivity index (χ3n) is 2.55. The van der Waals surface area contributed by atoms with Crippen LogP contribution in [0.4, 0.5) is 5.69 Å². The summed E-state index contributed by atoms with van der Waals surface area (Å²) in [6, 6.07) is 13.0. The zero-order valence-corrected chi connectivity index (χ0v) is 13.3. The second-order valence-corrected chi connectivity index (χ2v) is 6.01. The van der Waals surface area contributed by atoms with Crippen LogP contribution in [0.3, 0.4) is 0 Å². The number of benzene rings is 2. The summed E-state index contributed by atoms with van der Waals surface area (Å²) in [4.78, 5) is 13.7. The van der Waals surface area contributed by atoms with Crippen molar-refractivity contribution < 1.29 is 9.53 Å². The minimum Gasteiger partial charge on any atom is -0.462 e. The number of ether oxygens (including phenoxy) is 1. The van der Waals surface area contributed by atoms with Gasteiger partial charge in [-0.1, -0.05) is 11.8 Å². The van der Waals surface area contributed by atoms with E-state index >= 15 is 0 Å². The van der Waals surface area contributed by atoms with Crippen LogP contribution in [-0.2, 0) is 4.74 Å². The van der Waals surface area contributed by atoms with Gasteiger partial charge in [0.15, 0.2) is 0 Å². The number of carbonyl (C=O) groups is 1. The van der Waals surface area contributed by atoms with Gasteiger partial charge in [-0.05, 0) is 65.3 Å². The smallest absolute Gasteiger partial charge is 0.338 e. The van der Waals surface area contributed by atoms with E-state index in [1.807, 2.05) is 30.3 Å². The summed E-state index contributed by atoms with van der Waals surface area (Å²) >= 11 is 5.09. The van der Waals surface area contributed by atoms with Crippen molar-refractivity contribution >= 4 is 39.3 Å². The largest absolute Gasteiger partial charge is 0.462 e. The second-order valence-electron chi connectivity index (χ2n) is 4.04. The zero-order chi connectivity index (χ0) is 14.5. The summed E-state index contributed by atoms with van der Waals surface area (Å²) in [5.74, 6) is -0.294. The molecule has 0 saturated carbocycles. The van der Waals surface area contributed by atoms with Crippen molar-refractivity contribution in [3.8, 4) is 0 Å². The van der Waals surface area contributed by atoms with Gasteiger partial charge in [-0.15, -0.1) is 0 Å². The van der Waals surface area contributed by atoms with Crippen LogP contribution < -0.4 is 5.73 Å². The predicted molar refractivity (Wildman–Crippen MR) is 85.1 cm³/mol. The number of esters is 1. The fraction of sp³-hybridized carbons (Fsp3) is 0.133. The van der Waals surface area contributed by atoms with Crippen LogP contribution in [0.15, 0.2) is 56.7 Å². The van der Waals surface area contributed by atoms with Crippen molar-refractivity contribution in [1.29, 1.82) is 0 Å². The van der Waals surface area contributed by atoms with Gasteiger partial charge in [0.25, 0.3) is 0 Å². The first-order chi connectivity index (χ1) is 9.60. The predicted octanol–water partition coefficient (Wildman–Crippen LogP) is 4.36. The third-order valence-corrected chi connectivity index (χ3v) is 4.55. The van der Waals surface area contributed by atoms with E-state index in [0.717, 1.165) is 20.0 Å². The number of hydrogen-bond donors (Lipinski definition) is 1. The van der Waals surface area contributed by atoms with Gasteiger partial charge >= 0.3 is 5.97 Å². The number of nitrogens with two attached hydrogens (primary N) is 1. The maximum Gasteiger partial charge on any atom is 0.338 e. The molecular weight excluding hydrogens is 338 g/mol. The molecule has 2 aromatic carbocycles. The van der Waals surface area contributed by atoms with Gasteiger partial charge in [0, 0.05) is 20.0 Å². The molecule has 0 unspecified atom stereocenters. The molecular formula is C15H14BrNO2S. The van der Waals surface area contributed by atoms with Crippen LogP contribution in [0.1, 0.15) is 17.3 Å². The number of carbonyl (C=O) groups excluding carboxylic acids is 1. The van der Waals surface area contributed by atoms with E-state index < -0.39 is 0 Å². The molecule has 0 spiro atoms. The Morgan fingerprint density at radius 3 is 2.55 bits per heavy atom. The lowest BCUT2D eigenvalue weighted by atomic mass is 10.2. The average Bonchev–Trinajstić information content (AvgIpc) is 2.43. The minimum absolute atomic E-state index is 0.294. The maximum absolute atomic E-state index is 11.6. The topological polar surface area (TPSA) is 52.3 Å². The maximum atomic E-state index is 11.6. The lowest BCUT2D eigenvalue weighted by molar-refractivity contribution is 0.0526. The van der Waals surface area contributed by atoms with Crippen molar-refractivity contribution in [2.24, 2.45) is 0 Å². The lowest BCUT2D eigenvalue weighted by Crippen LogP contribution is -2.03. The van der Waals surface area contributed by atoms with E-state index in [1.54, 1.807) is 30.8 Å². The monoisotopic (exact) mass is 351 g/mol. The summed E-state index contributed by atoms with van der Waals surface area (Å²) in [5.41, 5.74) is 7.00. The van der Waals surface area contributed by atoms with E-state index in [-0.39, 0.29) is 5.97 Å². The summed E-state index contributed by atoms with van der Waals surface area (Å²) in [7, 11) is 0. The quantitative estimate of drug-likeness (QED) is 0.656. The fourth-order valence-corrected chi connectivity index (χ4v) is 3.06. The van der Waals surface area contributed by atoms with Gasteiger partial charge in [0.05, 0.1) is 12.2 Å². The number of rotatable bonds is 4. The third kappa shape index (κ3) is 3.77. The van der Waals surface area contributed by atoms with Gasteiger partial charge < -0.3 is 10.5 Å². The molecule has 2 rings (SSSR count). The number of halogens is 1. The molecule has 20 heavy (non-hydrogen) atoms. The highest BCUT2D eigenvalue weighted by atomic mass is 79.9. The molecule has 0 fully saturated rings. The Kier molecular flexibility index (Phi) is 5.09. The molecule has 3 nitrogen and oxygen atoms in total. The summed E-state index contributed by atoms with van der Waals surface area (Å²) in [5, 5.41) is 0. The summed E-state index contributed by atoms with van der Waals surface area (Å²) < 4.78 is 5.91. The highest BCUT2D eigenvalue weighted by molar-refractivity contribution is 9.10. The fourth-order valence-electron chi connectivity index (χ4n) is 1.60. The molecule has 0 aliphatic rings. The molecule has 0 radical (unpaired) electrons. The van der Waals surface area contributed by atoms with E-state index in [1.165, 1.54) is 0 Å². The molecule has 0 bridgehead atoms. The number of nitrogen functional groups attached to an aromatic ring is 1. The highest BCUT2D eigenvalue weighted by Gasteiger charge is 2.07. The van der Waals surface area contributed by atoms with E-state index in [0.29, 0.717) is 12.2 Å². The van der Waals surface area contributed by atoms with Crippen molar-refractivity contribution in [2.45, 2.75) is 16.7 Å². The lowest BCUT2D eigenvalue weighted by Gasteiger charge is -2.06. The Morgan fingerprint density at radius 1 is 1.25 bits per heavy atom. The Morgan fingerprint density at radius 2 is 1.95 bits per heavy atom. The summed E-state index contributed by atoms with van der Waals surface area (Å²) in [6.07, 6.45) is 0. The van der Waals surface area contributed by atoms with Crippen molar-refractivity contribution in [3.63, 3.8) is 0 Å². The summed E-state index contributed by atoms with van der Waals surface area (Å²) in [6.45, 7) is 2.18. The van der Waals surface area contributed by atoms with Crippen LogP contribution in [-0.4, -0.2) is 12.6 Å². The Labute approximate surface area is 130 Å². The van der Waals surface area contributed by atoms with E-state index in [4.69, 9.17) is 10.5 Å². The van der Waals surface area contributed by atoms with Crippen molar-refractivity contribution in [1.82, 2.24) is 0 Å². The molecule has 104 valence electrons. The van der Waals surface area contributed by atoms with Crippen molar-refractivity contribution in [2.75, 3.05) is 12.3 Å². The highest BCUT2D eigenvalue weighted by Crippen LogP contribution is 2.34. The van der Waals surface area contributed by atoms with Crippen LogP contribution in [0.2, 0.25) is 0 Å². The second kappa shape index (κ2) is 6.81. The molecule has 0 aliphatic heterocycles. The number of anilines is 1. The van der Waals surface area contributed by atoms with Gasteiger partial charge in [0.1, 0.15) is 0 Å². The van der Waals surface area contributed by atoms with Crippen LogP contribution in [0.5, 0.6) is 0 Å². The first-order valence-corrected chi connectivity index (χ1v) is 7.71. The van der Waals surface area contributed by atoms with Gasteiger partial charge in [-0.2, -0.15) is 0 Å². The molecule has 0 atom stereocenters. The standard InChI is InChI=1S/C15H14BrNO2S/c1-2-19-15(18)10-3-6-12(7-4-10)20-14-8-5-11(17)9-13(14)16/h3-9H,2,17H2,1H3. The molecule has 0 aromatic heterocycles.